The van der Waals surface area contributed by atoms with Crippen LogP contribution in [0.2, 0.25) is 0 Å². The molecule has 0 aromatic carbocycles. The molecule has 4 heteroatoms. The molecule has 0 aromatic rings. The molecule has 0 unspecified atom stereocenters. The first kappa shape index (κ1) is 15.1. The first-order valence-electron chi connectivity index (χ1n) is 6.28. The molecule has 0 fully saturated rings. The summed E-state index contributed by atoms with van der Waals surface area (Å²) in [5, 5.41) is 7.64. The van der Waals surface area contributed by atoms with Crippen molar-refractivity contribution in [2.75, 3.05) is 6.61 Å². The van der Waals surface area contributed by atoms with E-state index < -0.39 is 0 Å². The highest BCUT2D eigenvalue weighted by Crippen LogP contribution is 2.22. The summed E-state index contributed by atoms with van der Waals surface area (Å²) in [6, 6.07) is 0. The van der Waals surface area contributed by atoms with Crippen molar-refractivity contribution in [1.29, 1.82) is 5.41 Å². The number of nitrogens with one attached hydrogen (secondary N) is 1. The lowest BCUT2D eigenvalue weighted by atomic mass is 9.94. The van der Waals surface area contributed by atoms with Gasteiger partial charge in [0, 0.05) is 23.8 Å². The van der Waals surface area contributed by atoms with Crippen LogP contribution in [0, 0.1) is 11.3 Å². The zero-order valence-corrected chi connectivity index (χ0v) is 11.6. The summed E-state index contributed by atoms with van der Waals surface area (Å²) >= 11 is 0. The van der Waals surface area contributed by atoms with E-state index in [-0.39, 0.29) is 36.2 Å². The van der Waals surface area contributed by atoms with Gasteiger partial charge in [-0.15, -0.1) is 5.73 Å². The van der Waals surface area contributed by atoms with Crippen molar-refractivity contribution < 1.29 is 14.3 Å². The van der Waals surface area contributed by atoms with Crippen LogP contribution in [0.1, 0.15) is 33.6 Å². The molecule has 0 radical (unpaired) electrons. The van der Waals surface area contributed by atoms with Crippen LogP contribution in [0.4, 0.5) is 0 Å². The van der Waals surface area contributed by atoms with Crippen LogP contribution in [0.3, 0.4) is 0 Å². The van der Waals surface area contributed by atoms with E-state index in [9.17, 15) is 9.59 Å². The van der Waals surface area contributed by atoms with Gasteiger partial charge in [0.2, 0.25) is 0 Å². The number of Topliss-reactive ketones (excluding diaryl/α,β-unsaturated/α-hetero) is 2. The van der Waals surface area contributed by atoms with Crippen molar-refractivity contribution in [2.45, 2.75) is 33.6 Å². The molecule has 0 aliphatic heterocycles. The molecule has 102 valence electrons. The summed E-state index contributed by atoms with van der Waals surface area (Å²) in [6.07, 6.45) is 3.66. The third-order valence-electron chi connectivity index (χ3n) is 2.64. The van der Waals surface area contributed by atoms with E-state index in [1.54, 1.807) is 6.08 Å². The number of ketones is 2. The Bertz CT molecular complexity index is 492. The molecule has 0 spiro atoms. The molecule has 0 atom stereocenters. The van der Waals surface area contributed by atoms with E-state index in [2.05, 4.69) is 5.73 Å². The van der Waals surface area contributed by atoms with Crippen molar-refractivity contribution in [3.63, 3.8) is 0 Å². The Morgan fingerprint density at radius 2 is 2.21 bits per heavy atom. The van der Waals surface area contributed by atoms with Gasteiger partial charge >= 0.3 is 0 Å². The summed E-state index contributed by atoms with van der Waals surface area (Å²) in [5.41, 5.74) is 3.65. The predicted octanol–water partition coefficient (Wildman–Crippen LogP) is 2.60. The first-order valence-corrected chi connectivity index (χ1v) is 6.28. The lowest BCUT2D eigenvalue weighted by molar-refractivity contribution is -0.121. The van der Waals surface area contributed by atoms with Crippen molar-refractivity contribution in [2.24, 2.45) is 5.92 Å². The molecule has 0 bridgehead atoms. The van der Waals surface area contributed by atoms with E-state index in [1.165, 1.54) is 13.0 Å². The van der Waals surface area contributed by atoms with Crippen molar-refractivity contribution in [1.82, 2.24) is 0 Å². The highest BCUT2D eigenvalue weighted by molar-refractivity contribution is 6.12. The van der Waals surface area contributed by atoms with Gasteiger partial charge in [-0.2, -0.15) is 0 Å². The topological polar surface area (TPSA) is 67.2 Å². The van der Waals surface area contributed by atoms with Crippen LogP contribution in [-0.2, 0) is 14.3 Å². The quantitative estimate of drug-likeness (QED) is 0.791. The number of hydrogen-bond acceptors (Lipinski definition) is 4. The van der Waals surface area contributed by atoms with Gasteiger partial charge in [-0.3, -0.25) is 9.59 Å². The maximum atomic E-state index is 12.2. The van der Waals surface area contributed by atoms with E-state index in [0.717, 1.165) is 0 Å². The van der Waals surface area contributed by atoms with Gasteiger partial charge < -0.3 is 10.1 Å². The minimum atomic E-state index is -0.119. The Morgan fingerprint density at radius 3 is 2.79 bits per heavy atom. The smallest absolute Gasteiger partial charge is 0.168 e. The Kier molecular flexibility index (Phi) is 5.46. The number of carbonyl (C=O) groups excluding carboxylic acids is 2. The van der Waals surface area contributed by atoms with E-state index in [4.69, 9.17) is 10.1 Å². The van der Waals surface area contributed by atoms with Gasteiger partial charge in [0.1, 0.15) is 12.4 Å². The Balaban J connectivity index is 3.14. The maximum absolute atomic E-state index is 12.2. The Labute approximate surface area is 113 Å². The number of rotatable bonds is 4. The van der Waals surface area contributed by atoms with Crippen molar-refractivity contribution in [3.05, 3.63) is 29.2 Å². The van der Waals surface area contributed by atoms with Crippen LogP contribution in [0.5, 0.6) is 0 Å². The molecule has 0 saturated heterocycles. The summed E-state index contributed by atoms with van der Waals surface area (Å²) < 4.78 is 5.47. The number of carbonyl (C=O) groups is 2. The highest BCUT2D eigenvalue weighted by Gasteiger charge is 2.21. The number of hydrogen-bond donors (Lipinski definition) is 1. The van der Waals surface area contributed by atoms with Crippen LogP contribution >= 0.6 is 0 Å². The van der Waals surface area contributed by atoms with Crippen molar-refractivity contribution in [3.8, 4) is 0 Å². The summed E-state index contributed by atoms with van der Waals surface area (Å²) in [6.45, 7) is 5.22. The van der Waals surface area contributed by atoms with Gasteiger partial charge in [0.25, 0.3) is 0 Å². The zero-order valence-electron chi connectivity index (χ0n) is 11.6. The van der Waals surface area contributed by atoms with E-state index in [1.807, 2.05) is 13.8 Å². The van der Waals surface area contributed by atoms with Crippen LogP contribution in [-0.4, -0.2) is 23.9 Å². The average Bonchev–Trinajstić information content (AvgIpc) is 2.35. The highest BCUT2D eigenvalue weighted by atomic mass is 16.5. The van der Waals surface area contributed by atoms with Gasteiger partial charge in [-0.05, 0) is 18.9 Å². The van der Waals surface area contributed by atoms with Crippen LogP contribution in [0.25, 0.3) is 0 Å². The van der Waals surface area contributed by atoms with Gasteiger partial charge in [-0.25, -0.2) is 0 Å². The summed E-state index contributed by atoms with van der Waals surface area (Å²) in [7, 11) is 0. The van der Waals surface area contributed by atoms with Gasteiger partial charge in [0.15, 0.2) is 11.6 Å². The second-order valence-corrected chi connectivity index (χ2v) is 4.83. The van der Waals surface area contributed by atoms with Crippen LogP contribution in [0.15, 0.2) is 29.2 Å². The third kappa shape index (κ3) is 4.68. The number of allylic oxidation sites excluding steroid dienone is 2. The molecule has 1 aliphatic carbocycles. The van der Waals surface area contributed by atoms with Gasteiger partial charge in [-0.1, -0.05) is 13.8 Å². The standard InChI is InChI=1S/C15H19NO3/c1-10(2)15-13(18)8-12(16)6-4-5-7-14(15)19-9-11(3)17/h5-6,10,16H,7-9H2,1-3H3/b15-14+,16-12?. The molecule has 1 rings (SSSR count). The zero-order chi connectivity index (χ0) is 14.4. The Hall–Kier alpha value is -1.93. The molecule has 0 heterocycles. The van der Waals surface area contributed by atoms with Gasteiger partial charge in [0.05, 0.1) is 6.42 Å². The van der Waals surface area contributed by atoms with E-state index in [0.29, 0.717) is 17.8 Å². The monoisotopic (exact) mass is 261 g/mol. The fourth-order valence-corrected chi connectivity index (χ4v) is 1.87. The fraction of sp³-hybridized carbons (Fsp3) is 0.467. The second-order valence-electron chi connectivity index (χ2n) is 4.83. The SMILES string of the molecule is CC(=O)CO/C1=C(\C(C)C)C(=O)CC(=N)C=C=CC1. The number of ether oxygens (including phenoxy) is 1. The van der Waals surface area contributed by atoms with Crippen LogP contribution < -0.4 is 0 Å². The van der Waals surface area contributed by atoms with Crippen molar-refractivity contribution >= 4 is 17.3 Å². The molecule has 1 aliphatic rings. The largest absolute Gasteiger partial charge is 0.489 e. The molecule has 0 amide bonds. The lowest BCUT2D eigenvalue weighted by Crippen LogP contribution is -2.16. The molecular weight excluding hydrogens is 242 g/mol. The minimum absolute atomic E-state index is 0.00578. The Morgan fingerprint density at radius 1 is 1.53 bits per heavy atom. The average molecular weight is 261 g/mol. The molecule has 0 aromatic heterocycles. The fourth-order valence-electron chi connectivity index (χ4n) is 1.87. The second kappa shape index (κ2) is 6.86. The maximum Gasteiger partial charge on any atom is 0.168 e. The molecule has 0 saturated carbocycles. The molecular formula is C15H19NO3. The lowest BCUT2D eigenvalue weighted by Gasteiger charge is -2.16. The molecule has 19 heavy (non-hydrogen) atoms. The normalized spacial score (nSPS) is 20.2. The van der Waals surface area contributed by atoms with E-state index >= 15 is 0 Å². The molecule has 4 nitrogen and oxygen atoms in total. The third-order valence-corrected chi connectivity index (χ3v) is 2.64. The predicted molar refractivity (Wildman–Crippen MR) is 73.1 cm³/mol. The summed E-state index contributed by atoms with van der Waals surface area (Å²) in [4.78, 5) is 23.2. The molecule has 1 N–H and O–H groups in total. The summed E-state index contributed by atoms with van der Waals surface area (Å²) in [5.74, 6) is 0.307. The first-order chi connectivity index (χ1) is 8.91. The minimum Gasteiger partial charge on any atom is -0.489 e.